The van der Waals surface area contributed by atoms with Crippen molar-refractivity contribution in [3.63, 3.8) is 0 Å². The van der Waals surface area contributed by atoms with Gasteiger partial charge in [0.2, 0.25) is 10.0 Å². The molecule has 0 atom stereocenters. The Hall–Kier alpha value is -3.40. The van der Waals surface area contributed by atoms with Crippen molar-refractivity contribution >= 4 is 21.6 Å². The van der Waals surface area contributed by atoms with Crippen molar-refractivity contribution < 1.29 is 13.2 Å². The Kier molecular flexibility index (Phi) is 6.13. The zero-order valence-corrected chi connectivity index (χ0v) is 16.9. The summed E-state index contributed by atoms with van der Waals surface area (Å²) < 4.78 is 25.3. The maximum Gasteiger partial charge on any atom is 0.255 e. The van der Waals surface area contributed by atoms with E-state index in [1.54, 1.807) is 36.4 Å². The topological polar surface area (TPSA) is 66.5 Å². The van der Waals surface area contributed by atoms with Gasteiger partial charge in [-0.1, -0.05) is 30.0 Å². The zero-order valence-electron chi connectivity index (χ0n) is 16.1. The molecule has 0 saturated heterocycles. The highest BCUT2D eigenvalue weighted by atomic mass is 32.2. The van der Waals surface area contributed by atoms with Gasteiger partial charge in [0.1, 0.15) is 0 Å². The van der Waals surface area contributed by atoms with Crippen LogP contribution in [0.2, 0.25) is 0 Å². The number of hydrogen-bond donors (Lipinski definition) is 1. The summed E-state index contributed by atoms with van der Waals surface area (Å²) in [5.74, 6) is 5.85. The van der Waals surface area contributed by atoms with Gasteiger partial charge in [-0.25, -0.2) is 12.7 Å². The van der Waals surface area contributed by atoms with Crippen LogP contribution >= 0.6 is 0 Å². The summed E-state index contributed by atoms with van der Waals surface area (Å²) in [7, 11) is -0.555. The van der Waals surface area contributed by atoms with Gasteiger partial charge in [-0.3, -0.25) is 4.79 Å². The van der Waals surface area contributed by atoms with Crippen LogP contribution in [-0.2, 0) is 10.0 Å². The average molecular weight is 404 g/mol. The number of rotatable bonds is 4. The fourth-order valence-electron chi connectivity index (χ4n) is 2.50. The van der Waals surface area contributed by atoms with E-state index in [4.69, 9.17) is 0 Å². The number of hydrogen-bond acceptors (Lipinski definition) is 3. The van der Waals surface area contributed by atoms with E-state index < -0.39 is 10.0 Å². The molecule has 0 saturated carbocycles. The first-order chi connectivity index (χ1) is 13.9. The van der Waals surface area contributed by atoms with E-state index in [9.17, 15) is 13.2 Å². The van der Waals surface area contributed by atoms with Crippen molar-refractivity contribution in [3.05, 3.63) is 95.6 Å². The lowest BCUT2D eigenvalue weighted by Gasteiger charge is -2.12. The van der Waals surface area contributed by atoms with E-state index in [1.807, 2.05) is 30.3 Å². The first-order valence-electron chi connectivity index (χ1n) is 8.87. The van der Waals surface area contributed by atoms with Crippen molar-refractivity contribution in [2.45, 2.75) is 4.90 Å². The maximum absolute atomic E-state index is 12.4. The molecule has 29 heavy (non-hydrogen) atoms. The minimum absolute atomic E-state index is 0.168. The number of nitrogens with one attached hydrogen (secondary N) is 1. The second-order valence-electron chi connectivity index (χ2n) is 6.46. The van der Waals surface area contributed by atoms with E-state index in [-0.39, 0.29) is 10.8 Å². The van der Waals surface area contributed by atoms with Crippen LogP contribution in [0.5, 0.6) is 0 Å². The van der Waals surface area contributed by atoms with Gasteiger partial charge in [0.15, 0.2) is 0 Å². The standard InChI is InChI=1S/C23H20N2O3S/c1-25(2)29(27,28)22-16-14-21(15-17-22)24-23(26)20-12-10-19(11-13-20)9-8-18-6-4-3-5-7-18/h3-7,10-17H,1-2H3,(H,24,26). The van der Waals surface area contributed by atoms with Crippen molar-refractivity contribution in [3.8, 4) is 11.8 Å². The molecule has 0 heterocycles. The van der Waals surface area contributed by atoms with Gasteiger partial charge in [-0.15, -0.1) is 0 Å². The minimum atomic E-state index is -3.50. The van der Waals surface area contributed by atoms with Gasteiger partial charge in [0.25, 0.3) is 5.91 Å². The quantitative estimate of drug-likeness (QED) is 0.676. The third kappa shape index (κ3) is 5.11. The van der Waals surface area contributed by atoms with Crippen LogP contribution in [0, 0.1) is 11.8 Å². The number of carbonyl (C=O) groups excluding carboxylic acids is 1. The lowest BCUT2D eigenvalue weighted by molar-refractivity contribution is 0.102. The van der Waals surface area contributed by atoms with Crippen LogP contribution in [-0.4, -0.2) is 32.7 Å². The molecule has 3 aromatic carbocycles. The molecule has 1 N–H and O–H groups in total. The van der Waals surface area contributed by atoms with Gasteiger partial charge in [0, 0.05) is 36.5 Å². The Morgan fingerprint density at radius 3 is 1.90 bits per heavy atom. The van der Waals surface area contributed by atoms with Gasteiger partial charge in [0.05, 0.1) is 4.90 Å². The highest BCUT2D eigenvalue weighted by Gasteiger charge is 2.16. The lowest BCUT2D eigenvalue weighted by Crippen LogP contribution is -2.22. The summed E-state index contributed by atoms with van der Waals surface area (Å²) in [6, 6.07) is 22.7. The fourth-order valence-corrected chi connectivity index (χ4v) is 3.40. The number of carbonyl (C=O) groups is 1. The van der Waals surface area contributed by atoms with E-state index in [1.165, 1.54) is 26.2 Å². The van der Waals surface area contributed by atoms with Crippen LogP contribution in [0.1, 0.15) is 21.5 Å². The Balaban J connectivity index is 1.68. The Morgan fingerprint density at radius 2 is 1.34 bits per heavy atom. The molecule has 0 spiro atoms. The summed E-state index contributed by atoms with van der Waals surface area (Å²) >= 11 is 0. The summed E-state index contributed by atoms with van der Waals surface area (Å²) in [6.45, 7) is 0. The molecule has 0 bridgehead atoms. The first kappa shape index (κ1) is 20.3. The van der Waals surface area contributed by atoms with E-state index in [0.717, 1.165) is 15.4 Å². The second kappa shape index (κ2) is 8.74. The van der Waals surface area contributed by atoms with E-state index in [0.29, 0.717) is 11.3 Å². The lowest BCUT2D eigenvalue weighted by atomic mass is 10.1. The molecule has 0 unspecified atom stereocenters. The third-order valence-electron chi connectivity index (χ3n) is 4.16. The van der Waals surface area contributed by atoms with Crippen LogP contribution in [0.4, 0.5) is 5.69 Å². The number of anilines is 1. The van der Waals surface area contributed by atoms with Gasteiger partial charge in [-0.05, 0) is 60.7 Å². The summed E-state index contributed by atoms with van der Waals surface area (Å²) in [6.07, 6.45) is 0. The summed E-state index contributed by atoms with van der Waals surface area (Å²) in [4.78, 5) is 12.6. The fraction of sp³-hybridized carbons (Fsp3) is 0.0870. The van der Waals surface area contributed by atoms with E-state index >= 15 is 0 Å². The third-order valence-corrected chi connectivity index (χ3v) is 5.99. The molecule has 0 fully saturated rings. The SMILES string of the molecule is CN(C)S(=O)(=O)c1ccc(NC(=O)c2ccc(C#Cc3ccccc3)cc2)cc1. The smallest absolute Gasteiger partial charge is 0.255 e. The Labute approximate surface area is 171 Å². The van der Waals surface area contributed by atoms with Crippen LogP contribution in [0.15, 0.2) is 83.8 Å². The van der Waals surface area contributed by atoms with Crippen molar-refractivity contribution in [1.29, 1.82) is 0 Å². The maximum atomic E-state index is 12.4. The largest absolute Gasteiger partial charge is 0.322 e. The molecular weight excluding hydrogens is 384 g/mol. The molecule has 0 aromatic heterocycles. The van der Waals surface area contributed by atoms with Crippen LogP contribution in [0.3, 0.4) is 0 Å². The second-order valence-corrected chi connectivity index (χ2v) is 8.61. The average Bonchev–Trinajstić information content (AvgIpc) is 2.73. The molecule has 6 heteroatoms. The number of sulfonamides is 1. The molecular formula is C23H20N2O3S. The minimum Gasteiger partial charge on any atom is -0.322 e. The van der Waals surface area contributed by atoms with Crippen molar-refractivity contribution in [2.75, 3.05) is 19.4 Å². The van der Waals surface area contributed by atoms with Gasteiger partial charge in [-0.2, -0.15) is 0 Å². The molecule has 0 aliphatic carbocycles. The number of nitrogens with zero attached hydrogens (tertiary/aromatic N) is 1. The van der Waals surface area contributed by atoms with Crippen LogP contribution in [0.25, 0.3) is 0 Å². The molecule has 146 valence electrons. The van der Waals surface area contributed by atoms with Gasteiger partial charge >= 0.3 is 0 Å². The molecule has 5 nitrogen and oxygen atoms in total. The van der Waals surface area contributed by atoms with Crippen molar-refractivity contribution in [1.82, 2.24) is 4.31 Å². The molecule has 3 rings (SSSR count). The molecule has 0 aliphatic heterocycles. The molecule has 0 radical (unpaired) electrons. The van der Waals surface area contributed by atoms with E-state index in [2.05, 4.69) is 17.2 Å². The predicted molar refractivity (Wildman–Crippen MR) is 114 cm³/mol. The highest BCUT2D eigenvalue weighted by Crippen LogP contribution is 2.17. The van der Waals surface area contributed by atoms with Gasteiger partial charge < -0.3 is 5.32 Å². The van der Waals surface area contributed by atoms with Crippen LogP contribution < -0.4 is 5.32 Å². The predicted octanol–water partition coefficient (Wildman–Crippen LogP) is 3.59. The molecule has 0 aliphatic rings. The summed E-state index contributed by atoms with van der Waals surface area (Å²) in [5.41, 5.74) is 2.73. The Morgan fingerprint density at radius 1 is 0.793 bits per heavy atom. The number of amides is 1. The van der Waals surface area contributed by atoms with Crippen molar-refractivity contribution in [2.24, 2.45) is 0 Å². The highest BCUT2D eigenvalue weighted by molar-refractivity contribution is 7.89. The zero-order chi connectivity index (χ0) is 20.9. The molecule has 3 aromatic rings. The number of benzene rings is 3. The normalized spacial score (nSPS) is 10.9. The Bertz CT molecular complexity index is 1160. The monoisotopic (exact) mass is 404 g/mol. The molecule has 1 amide bonds. The first-order valence-corrected chi connectivity index (χ1v) is 10.3. The summed E-state index contributed by atoms with van der Waals surface area (Å²) in [5, 5.41) is 2.76.